The number of hydrogen-bond acceptors (Lipinski definition) is 2. The molecule has 0 saturated carbocycles. The predicted molar refractivity (Wildman–Crippen MR) is 102 cm³/mol. The first-order chi connectivity index (χ1) is 12.9. The number of nitrogens with zero attached hydrogens (tertiary/aromatic N) is 2. The highest BCUT2D eigenvalue weighted by Crippen LogP contribution is 2.41. The van der Waals surface area contributed by atoms with E-state index in [0.717, 1.165) is 6.07 Å². The van der Waals surface area contributed by atoms with Crippen molar-refractivity contribution in [3.63, 3.8) is 0 Å². The summed E-state index contributed by atoms with van der Waals surface area (Å²) in [4.78, 5) is 14.7. The maximum atomic E-state index is 16.3. The minimum absolute atomic E-state index is 0.0993. The molecule has 1 fully saturated rings. The Labute approximate surface area is 157 Å². The molecule has 0 bridgehead atoms. The lowest BCUT2D eigenvalue weighted by atomic mass is 9.65. The highest BCUT2D eigenvalue weighted by molar-refractivity contribution is 6.76. The summed E-state index contributed by atoms with van der Waals surface area (Å²) < 4.78 is 37.3. The third-order valence-corrected chi connectivity index (χ3v) is 4.73. The molecule has 2 aromatic rings. The maximum absolute atomic E-state index is 16.3. The van der Waals surface area contributed by atoms with Crippen molar-refractivity contribution in [3.05, 3.63) is 78.6 Å². The monoisotopic (exact) mass is 370 g/mol. The van der Waals surface area contributed by atoms with Gasteiger partial charge in [0.25, 0.3) is 0 Å². The lowest BCUT2D eigenvalue weighted by Crippen LogP contribution is -2.58. The number of carbonyl (C=O) groups excluding carboxylic acids is 1. The van der Waals surface area contributed by atoms with E-state index in [4.69, 9.17) is 4.65 Å². The number of rotatable bonds is 5. The maximum Gasteiger partial charge on any atom is 0.571 e. The van der Waals surface area contributed by atoms with Crippen LogP contribution in [0.1, 0.15) is 12.0 Å². The SMILES string of the molecule is C=CC[C@]1(c2ccccc2)C(=O)O[B-](F)(c2ccccc2F)/[N+]1=C\N(C)C. The molecule has 0 radical (unpaired) electrons. The molecule has 0 aromatic heterocycles. The highest BCUT2D eigenvalue weighted by Gasteiger charge is 2.63. The molecule has 2 aromatic carbocycles. The average molecular weight is 370 g/mol. The van der Waals surface area contributed by atoms with Crippen LogP contribution in [0.25, 0.3) is 0 Å². The van der Waals surface area contributed by atoms with E-state index in [-0.39, 0.29) is 11.9 Å². The van der Waals surface area contributed by atoms with Gasteiger partial charge in [-0.2, -0.15) is 0 Å². The van der Waals surface area contributed by atoms with Crippen LogP contribution < -0.4 is 5.46 Å². The van der Waals surface area contributed by atoms with Crippen LogP contribution in [0.3, 0.4) is 0 Å². The molecule has 1 aliphatic heterocycles. The third kappa shape index (κ3) is 2.93. The summed E-state index contributed by atoms with van der Waals surface area (Å²) in [6.45, 7) is 0.0950. The number of hydrogen-bond donors (Lipinski definition) is 0. The smallest absolute Gasteiger partial charge is 0.571 e. The quantitative estimate of drug-likeness (QED) is 0.461. The molecule has 1 aliphatic rings. The van der Waals surface area contributed by atoms with Gasteiger partial charge in [0.1, 0.15) is 0 Å². The Balaban J connectivity index is 2.33. The molecular weight excluding hydrogens is 349 g/mol. The van der Waals surface area contributed by atoms with Gasteiger partial charge in [0, 0.05) is 12.0 Å². The normalized spacial score (nSPS) is 26.1. The van der Waals surface area contributed by atoms with Crippen molar-refractivity contribution in [3.8, 4) is 0 Å². The van der Waals surface area contributed by atoms with E-state index in [1.165, 1.54) is 35.1 Å². The van der Waals surface area contributed by atoms with E-state index in [1.54, 1.807) is 49.3 Å². The lowest BCUT2D eigenvalue weighted by Gasteiger charge is -2.33. The number of carbonyl (C=O) groups is 1. The molecule has 7 heteroatoms. The van der Waals surface area contributed by atoms with Gasteiger partial charge < -0.3 is 13.5 Å². The Bertz CT molecular complexity index is 904. The van der Waals surface area contributed by atoms with Crippen LogP contribution in [0.15, 0.2) is 67.3 Å². The minimum atomic E-state index is -3.63. The summed E-state index contributed by atoms with van der Waals surface area (Å²) in [5.41, 5.74) is -1.24. The number of halogens is 2. The first-order valence-electron chi connectivity index (χ1n) is 8.64. The summed E-state index contributed by atoms with van der Waals surface area (Å²) >= 11 is 0. The molecule has 1 unspecified atom stereocenters. The van der Waals surface area contributed by atoms with Crippen LogP contribution in [0.5, 0.6) is 0 Å². The zero-order valence-corrected chi connectivity index (χ0v) is 15.3. The molecule has 2 atom stereocenters. The second-order valence-corrected chi connectivity index (χ2v) is 6.78. The summed E-state index contributed by atoms with van der Waals surface area (Å²) in [6.07, 6.45) is 3.07. The molecule has 1 heterocycles. The topological polar surface area (TPSA) is 32.6 Å². The Morgan fingerprint density at radius 3 is 2.41 bits per heavy atom. The van der Waals surface area contributed by atoms with E-state index in [9.17, 15) is 9.18 Å². The van der Waals surface area contributed by atoms with Crippen molar-refractivity contribution in [1.29, 1.82) is 0 Å². The fourth-order valence-corrected chi connectivity index (χ4v) is 3.59. The van der Waals surface area contributed by atoms with Crippen molar-refractivity contribution < 1.29 is 22.6 Å². The van der Waals surface area contributed by atoms with Crippen LogP contribution >= 0.6 is 0 Å². The van der Waals surface area contributed by atoms with Gasteiger partial charge in [0.15, 0.2) is 11.9 Å². The van der Waals surface area contributed by atoms with E-state index >= 15 is 4.32 Å². The van der Waals surface area contributed by atoms with Crippen molar-refractivity contribution in [2.24, 2.45) is 0 Å². The van der Waals surface area contributed by atoms with Gasteiger partial charge in [-0.25, -0.2) is 4.39 Å². The van der Waals surface area contributed by atoms with Crippen LogP contribution in [-0.2, 0) is 15.0 Å². The van der Waals surface area contributed by atoms with Gasteiger partial charge in [-0.1, -0.05) is 54.6 Å². The van der Waals surface area contributed by atoms with Gasteiger partial charge in [-0.15, -0.1) is 6.58 Å². The molecule has 27 heavy (non-hydrogen) atoms. The fraction of sp³-hybridized carbons (Fsp3) is 0.200. The Morgan fingerprint density at radius 2 is 1.81 bits per heavy atom. The molecule has 0 aliphatic carbocycles. The first-order valence-corrected chi connectivity index (χ1v) is 8.64. The summed E-state index contributed by atoms with van der Waals surface area (Å²) in [6, 6.07) is 14.2. The van der Waals surface area contributed by atoms with Gasteiger partial charge in [0.2, 0.25) is 0 Å². The molecule has 140 valence electrons. The predicted octanol–water partition coefficient (Wildman–Crippen LogP) is 2.57. The average Bonchev–Trinajstić information content (AvgIpc) is 2.85. The molecule has 4 nitrogen and oxygen atoms in total. The third-order valence-electron chi connectivity index (χ3n) is 4.73. The molecule has 0 spiro atoms. The van der Waals surface area contributed by atoms with Gasteiger partial charge in [-0.05, 0) is 11.5 Å². The molecule has 1 saturated heterocycles. The van der Waals surface area contributed by atoms with Crippen LogP contribution in [-0.4, -0.2) is 42.6 Å². The Morgan fingerprint density at radius 1 is 1.19 bits per heavy atom. The summed E-state index contributed by atoms with van der Waals surface area (Å²) in [5.74, 6) is -1.55. The van der Waals surface area contributed by atoms with E-state index in [1.807, 2.05) is 0 Å². The van der Waals surface area contributed by atoms with E-state index < -0.39 is 24.1 Å². The standard InChI is InChI=1S/C20H21BF2N2O2/c1-4-14-20(16-10-6-5-7-11-16)19(26)27-21(23,25(20)15-24(2)3)17-12-8-9-13-18(17)22/h4-13,15H,1,14H2,2-3H3/b25-15-/t20-,21?/m0/s1. The second kappa shape index (κ2) is 6.98. The second-order valence-electron chi connectivity index (χ2n) is 6.78. The molecule has 0 N–H and O–H groups in total. The van der Waals surface area contributed by atoms with Crippen molar-refractivity contribution in [2.45, 2.75) is 12.0 Å². The van der Waals surface area contributed by atoms with E-state index in [0.29, 0.717) is 5.56 Å². The van der Waals surface area contributed by atoms with Crippen LogP contribution in [0.4, 0.5) is 8.71 Å². The fourth-order valence-electron chi connectivity index (χ4n) is 3.59. The van der Waals surface area contributed by atoms with Crippen molar-refractivity contribution >= 4 is 24.5 Å². The van der Waals surface area contributed by atoms with Crippen LogP contribution in [0.2, 0.25) is 0 Å². The Hall–Kier alpha value is -2.96. The van der Waals surface area contributed by atoms with Crippen molar-refractivity contribution in [1.82, 2.24) is 4.90 Å². The summed E-state index contributed by atoms with van der Waals surface area (Å²) in [7, 11) is 3.40. The summed E-state index contributed by atoms with van der Waals surface area (Å²) in [5, 5.41) is 0. The van der Waals surface area contributed by atoms with Gasteiger partial charge in [0.05, 0.1) is 19.9 Å². The Kier molecular flexibility index (Phi) is 4.87. The van der Waals surface area contributed by atoms with Gasteiger partial charge >= 0.3 is 12.7 Å². The zero-order valence-electron chi connectivity index (χ0n) is 15.3. The molecule has 0 amide bonds. The largest absolute Gasteiger partial charge is 0.619 e. The number of benzene rings is 2. The zero-order chi connectivity index (χ0) is 19.7. The van der Waals surface area contributed by atoms with Crippen molar-refractivity contribution in [2.75, 3.05) is 14.1 Å². The van der Waals surface area contributed by atoms with Crippen LogP contribution in [0, 0.1) is 5.82 Å². The molecular formula is C20H21BF2N2O2. The van der Waals surface area contributed by atoms with E-state index in [2.05, 4.69) is 6.58 Å². The highest BCUT2D eigenvalue weighted by atomic mass is 19.1. The minimum Gasteiger partial charge on any atom is -0.619 e. The lowest BCUT2D eigenvalue weighted by molar-refractivity contribution is -0.488. The first kappa shape index (κ1) is 18.8. The van der Waals surface area contributed by atoms with Gasteiger partial charge in [-0.3, -0.25) is 9.69 Å². The molecule has 3 rings (SSSR count).